The number of carbonyl (C=O) groups excluding carboxylic acids is 3. The van der Waals surface area contributed by atoms with E-state index >= 15 is 0 Å². The molecule has 3 rings (SSSR count). The minimum atomic E-state index is -0.861. The highest BCUT2D eigenvalue weighted by molar-refractivity contribution is 8.00. The zero-order valence-corrected chi connectivity index (χ0v) is 20.1. The number of benzene rings is 1. The maximum Gasteiger partial charge on any atom is 0.339 e. The summed E-state index contributed by atoms with van der Waals surface area (Å²) in [5.41, 5.74) is -0.531. The number of amides is 2. The van der Waals surface area contributed by atoms with Crippen LogP contribution >= 0.6 is 11.8 Å². The quantitative estimate of drug-likeness (QED) is 0.453. The van der Waals surface area contributed by atoms with Gasteiger partial charge in [0.05, 0.1) is 17.4 Å². The van der Waals surface area contributed by atoms with Gasteiger partial charge in [-0.3, -0.25) is 9.59 Å². The van der Waals surface area contributed by atoms with E-state index < -0.39 is 24.0 Å². The summed E-state index contributed by atoms with van der Waals surface area (Å²) in [5, 5.41) is 12.3. The molecule has 8 heteroatoms. The SMILES string of the molecule is CN(C(=O)CSc1ccccc1C(=O)OCC(=O)NC1(C#N)CCCCC1)C1CCCCC1. The number of carbonyl (C=O) groups is 3. The molecule has 0 atom stereocenters. The van der Waals surface area contributed by atoms with Crippen LogP contribution in [0.2, 0.25) is 0 Å². The second-order valence-electron chi connectivity index (χ2n) is 8.96. The zero-order chi connectivity index (χ0) is 23.7. The summed E-state index contributed by atoms with van der Waals surface area (Å²) in [4.78, 5) is 40.2. The topological polar surface area (TPSA) is 99.5 Å². The van der Waals surface area contributed by atoms with E-state index in [1.165, 1.54) is 18.2 Å². The van der Waals surface area contributed by atoms with Gasteiger partial charge in [-0.1, -0.05) is 50.7 Å². The summed E-state index contributed by atoms with van der Waals surface area (Å²) in [7, 11) is 1.86. The molecule has 2 saturated carbocycles. The van der Waals surface area contributed by atoms with Gasteiger partial charge in [-0.25, -0.2) is 4.79 Å². The van der Waals surface area contributed by atoms with Crippen molar-refractivity contribution in [2.75, 3.05) is 19.4 Å². The fourth-order valence-corrected chi connectivity index (χ4v) is 5.57. The van der Waals surface area contributed by atoms with Crippen LogP contribution in [0.1, 0.15) is 74.6 Å². The first kappa shape index (κ1) is 25.1. The van der Waals surface area contributed by atoms with Crippen LogP contribution in [-0.4, -0.2) is 53.7 Å². The molecular weight excluding hydrogens is 438 g/mol. The van der Waals surface area contributed by atoms with E-state index in [0.29, 0.717) is 29.3 Å². The average molecular weight is 472 g/mol. The van der Waals surface area contributed by atoms with Crippen molar-refractivity contribution in [2.24, 2.45) is 0 Å². The number of nitriles is 1. The number of rotatable bonds is 8. The molecule has 2 aliphatic rings. The molecule has 2 amide bonds. The fourth-order valence-electron chi connectivity index (χ4n) is 4.61. The maximum atomic E-state index is 12.7. The summed E-state index contributed by atoms with van der Waals surface area (Å²) in [6.45, 7) is -0.440. The van der Waals surface area contributed by atoms with Gasteiger partial charge in [0.25, 0.3) is 5.91 Å². The van der Waals surface area contributed by atoms with Crippen LogP contribution in [0.25, 0.3) is 0 Å². The molecule has 2 aliphatic carbocycles. The first-order chi connectivity index (χ1) is 15.9. The summed E-state index contributed by atoms with van der Waals surface area (Å²) in [5.74, 6) is -0.802. The van der Waals surface area contributed by atoms with Crippen LogP contribution in [0.3, 0.4) is 0 Å². The van der Waals surface area contributed by atoms with Crippen LogP contribution in [0.4, 0.5) is 0 Å². The second-order valence-corrected chi connectivity index (χ2v) is 9.98. The summed E-state index contributed by atoms with van der Waals surface area (Å²) in [6.07, 6.45) is 9.73. The normalized spacial score (nSPS) is 18.1. The predicted octanol–water partition coefficient (Wildman–Crippen LogP) is 4.07. The number of esters is 1. The molecule has 1 aromatic carbocycles. The van der Waals surface area contributed by atoms with Crippen molar-refractivity contribution in [1.29, 1.82) is 5.26 Å². The van der Waals surface area contributed by atoms with E-state index in [-0.39, 0.29) is 11.7 Å². The Kier molecular flexibility index (Phi) is 9.19. The lowest BCUT2D eigenvalue weighted by Crippen LogP contribution is -2.50. The summed E-state index contributed by atoms with van der Waals surface area (Å²) in [6, 6.07) is 9.47. The molecular formula is C25H33N3O4S. The van der Waals surface area contributed by atoms with Crippen LogP contribution < -0.4 is 5.32 Å². The van der Waals surface area contributed by atoms with Crippen molar-refractivity contribution in [3.05, 3.63) is 29.8 Å². The molecule has 178 valence electrons. The third kappa shape index (κ3) is 6.97. The summed E-state index contributed by atoms with van der Waals surface area (Å²) < 4.78 is 5.24. The van der Waals surface area contributed by atoms with Gasteiger partial charge in [0.1, 0.15) is 5.54 Å². The third-order valence-corrected chi connectivity index (χ3v) is 7.67. The van der Waals surface area contributed by atoms with Crippen molar-refractivity contribution >= 4 is 29.5 Å². The van der Waals surface area contributed by atoms with E-state index in [9.17, 15) is 19.6 Å². The first-order valence-electron chi connectivity index (χ1n) is 11.8. The minimum Gasteiger partial charge on any atom is -0.452 e. The maximum absolute atomic E-state index is 12.7. The van der Waals surface area contributed by atoms with Gasteiger partial charge in [-0.05, 0) is 37.8 Å². The highest BCUT2D eigenvalue weighted by Gasteiger charge is 2.33. The van der Waals surface area contributed by atoms with Crippen LogP contribution in [0.5, 0.6) is 0 Å². The van der Waals surface area contributed by atoms with Crippen LogP contribution in [0.15, 0.2) is 29.2 Å². The van der Waals surface area contributed by atoms with Gasteiger partial charge in [0, 0.05) is 18.0 Å². The number of hydrogen-bond acceptors (Lipinski definition) is 6. The predicted molar refractivity (Wildman–Crippen MR) is 127 cm³/mol. The fraction of sp³-hybridized carbons (Fsp3) is 0.600. The smallest absolute Gasteiger partial charge is 0.339 e. The number of thioether (sulfide) groups is 1. The van der Waals surface area contributed by atoms with Crippen molar-refractivity contribution in [3.8, 4) is 6.07 Å². The van der Waals surface area contributed by atoms with Crippen molar-refractivity contribution in [1.82, 2.24) is 10.2 Å². The van der Waals surface area contributed by atoms with Crippen LogP contribution in [0, 0.1) is 11.3 Å². The van der Waals surface area contributed by atoms with Gasteiger partial charge in [0.2, 0.25) is 5.91 Å². The number of nitrogens with one attached hydrogen (secondary N) is 1. The number of hydrogen-bond donors (Lipinski definition) is 1. The zero-order valence-electron chi connectivity index (χ0n) is 19.3. The molecule has 0 heterocycles. The molecule has 1 N–H and O–H groups in total. The second kappa shape index (κ2) is 12.1. The van der Waals surface area contributed by atoms with E-state index in [1.807, 2.05) is 11.9 Å². The molecule has 0 aromatic heterocycles. The molecule has 0 spiro atoms. The minimum absolute atomic E-state index is 0.0451. The van der Waals surface area contributed by atoms with Crippen LogP contribution in [-0.2, 0) is 14.3 Å². The third-order valence-electron chi connectivity index (χ3n) is 6.61. The highest BCUT2D eigenvalue weighted by Crippen LogP contribution is 2.28. The Balaban J connectivity index is 1.52. The Morgan fingerprint density at radius 1 is 1.12 bits per heavy atom. The Hall–Kier alpha value is -2.53. The largest absolute Gasteiger partial charge is 0.452 e. The van der Waals surface area contributed by atoms with E-state index in [4.69, 9.17) is 4.74 Å². The number of nitrogens with zero attached hydrogens (tertiary/aromatic N) is 2. The Bertz CT molecular complexity index is 886. The lowest BCUT2D eigenvalue weighted by atomic mass is 9.83. The van der Waals surface area contributed by atoms with Gasteiger partial charge in [-0.2, -0.15) is 5.26 Å². The lowest BCUT2D eigenvalue weighted by Gasteiger charge is -2.31. The Morgan fingerprint density at radius 3 is 2.48 bits per heavy atom. The van der Waals surface area contributed by atoms with Crippen molar-refractivity contribution in [2.45, 2.75) is 80.7 Å². The molecule has 0 aliphatic heterocycles. The van der Waals surface area contributed by atoms with Gasteiger partial charge in [-0.15, -0.1) is 11.8 Å². The highest BCUT2D eigenvalue weighted by atomic mass is 32.2. The molecule has 7 nitrogen and oxygen atoms in total. The molecule has 1 aromatic rings. The molecule has 0 unspecified atom stereocenters. The Morgan fingerprint density at radius 2 is 1.79 bits per heavy atom. The van der Waals surface area contributed by atoms with Gasteiger partial charge in [0.15, 0.2) is 6.61 Å². The lowest BCUT2D eigenvalue weighted by molar-refractivity contribution is -0.129. The molecule has 0 saturated heterocycles. The summed E-state index contributed by atoms with van der Waals surface area (Å²) >= 11 is 1.31. The van der Waals surface area contributed by atoms with Crippen molar-refractivity contribution < 1.29 is 19.1 Å². The van der Waals surface area contributed by atoms with Gasteiger partial charge < -0.3 is 15.0 Å². The average Bonchev–Trinajstić information content (AvgIpc) is 2.86. The van der Waals surface area contributed by atoms with E-state index in [1.54, 1.807) is 24.3 Å². The van der Waals surface area contributed by atoms with E-state index in [2.05, 4.69) is 11.4 Å². The monoisotopic (exact) mass is 471 g/mol. The molecule has 33 heavy (non-hydrogen) atoms. The first-order valence-corrected chi connectivity index (χ1v) is 12.8. The molecule has 2 fully saturated rings. The standard InChI is InChI=1S/C25H33N3O4S/c1-28(19-10-4-2-5-11-19)23(30)17-33-21-13-7-6-12-20(21)24(31)32-16-22(29)27-25(18-26)14-8-3-9-15-25/h6-7,12-13,19H,2-5,8-11,14-17H2,1H3,(H,27,29). The van der Waals surface area contributed by atoms with Crippen molar-refractivity contribution in [3.63, 3.8) is 0 Å². The molecule has 0 radical (unpaired) electrons. The number of ether oxygens (including phenoxy) is 1. The van der Waals surface area contributed by atoms with E-state index in [0.717, 1.165) is 44.9 Å². The molecule has 0 bridgehead atoms. The Labute approximate surface area is 200 Å². The van der Waals surface area contributed by atoms with Gasteiger partial charge >= 0.3 is 5.97 Å².